The predicted octanol–water partition coefficient (Wildman–Crippen LogP) is 4.14. The van der Waals surface area contributed by atoms with Crippen LogP contribution < -0.4 is 5.32 Å². The maximum Gasteiger partial charge on any atom is 0.0545 e. The number of hydrogen-bond donors (Lipinski definition) is 1. The molecule has 0 aliphatic rings. The first-order valence-corrected chi connectivity index (χ1v) is 7.70. The van der Waals surface area contributed by atoms with E-state index in [1.54, 1.807) is 18.9 Å². The first-order chi connectivity index (χ1) is 8.69. The molecule has 0 saturated heterocycles. The fraction of sp³-hybridized carbons (Fsp3) is 0.571. The summed E-state index contributed by atoms with van der Waals surface area (Å²) in [4.78, 5) is 1.15. The molecule has 2 nitrogen and oxygen atoms in total. The number of nitrogens with one attached hydrogen (secondary N) is 1. The van der Waals surface area contributed by atoms with Crippen LogP contribution in [0.2, 0.25) is 5.02 Å². The van der Waals surface area contributed by atoms with E-state index in [2.05, 4.69) is 37.4 Å². The molecule has 0 spiro atoms. The van der Waals surface area contributed by atoms with Crippen molar-refractivity contribution in [1.29, 1.82) is 0 Å². The Labute approximate surface area is 119 Å². The van der Waals surface area contributed by atoms with Gasteiger partial charge < -0.3 is 10.1 Å². The molecule has 1 unspecified atom stereocenters. The topological polar surface area (TPSA) is 21.3 Å². The van der Waals surface area contributed by atoms with Gasteiger partial charge in [-0.25, -0.2) is 0 Å². The molecular weight excluding hydrogens is 266 g/mol. The van der Waals surface area contributed by atoms with Gasteiger partial charge in [0, 0.05) is 30.4 Å². The normalized spacial score (nSPS) is 12.7. The smallest absolute Gasteiger partial charge is 0.0545 e. The van der Waals surface area contributed by atoms with E-state index >= 15 is 0 Å². The highest BCUT2D eigenvalue weighted by molar-refractivity contribution is 7.99. The van der Waals surface area contributed by atoms with Crippen molar-refractivity contribution < 1.29 is 4.74 Å². The number of benzene rings is 1. The molecule has 0 amide bonds. The molecule has 0 heterocycles. The largest absolute Gasteiger partial charge is 0.385 e. The van der Waals surface area contributed by atoms with Crippen molar-refractivity contribution in [2.45, 2.75) is 31.2 Å². The summed E-state index contributed by atoms with van der Waals surface area (Å²) in [5.74, 6) is 1.04. The number of rotatable bonds is 8. The Hall–Kier alpha value is -0.220. The fourth-order valence-electron chi connectivity index (χ4n) is 1.71. The van der Waals surface area contributed by atoms with Crippen LogP contribution in [0.25, 0.3) is 0 Å². The molecule has 0 saturated carbocycles. The van der Waals surface area contributed by atoms with Crippen LogP contribution in [0.15, 0.2) is 23.1 Å². The average Bonchev–Trinajstić information content (AvgIpc) is 2.36. The lowest BCUT2D eigenvalue weighted by Crippen LogP contribution is -2.17. The summed E-state index contributed by atoms with van der Waals surface area (Å²) in [7, 11) is 1.73. The van der Waals surface area contributed by atoms with E-state index in [9.17, 15) is 0 Å². The van der Waals surface area contributed by atoms with E-state index < -0.39 is 0 Å². The third-order valence-electron chi connectivity index (χ3n) is 2.72. The Kier molecular flexibility index (Phi) is 7.75. The minimum Gasteiger partial charge on any atom is -0.385 e. The molecule has 0 radical (unpaired) electrons. The third-order valence-corrected chi connectivity index (χ3v) is 4.30. The molecule has 18 heavy (non-hydrogen) atoms. The SMILES string of the molecule is CCNC(C)c1ccc(SCCCOC)c(Cl)c1. The van der Waals surface area contributed by atoms with Crippen molar-refractivity contribution in [3.05, 3.63) is 28.8 Å². The van der Waals surface area contributed by atoms with E-state index in [1.165, 1.54) is 5.56 Å². The predicted molar refractivity (Wildman–Crippen MR) is 80.8 cm³/mol. The molecule has 0 bridgehead atoms. The van der Waals surface area contributed by atoms with E-state index in [-0.39, 0.29) is 0 Å². The van der Waals surface area contributed by atoms with Gasteiger partial charge in [0.15, 0.2) is 0 Å². The monoisotopic (exact) mass is 287 g/mol. The van der Waals surface area contributed by atoms with Crippen LogP contribution in [-0.4, -0.2) is 26.0 Å². The maximum atomic E-state index is 6.31. The van der Waals surface area contributed by atoms with Gasteiger partial charge in [0.05, 0.1) is 5.02 Å². The second-order valence-electron chi connectivity index (χ2n) is 4.16. The van der Waals surface area contributed by atoms with Crippen molar-refractivity contribution >= 4 is 23.4 Å². The maximum absolute atomic E-state index is 6.31. The zero-order chi connectivity index (χ0) is 13.4. The van der Waals surface area contributed by atoms with Gasteiger partial charge in [-0.3, -0.25) is 0 Å². The summed E-state index contributed by atoms with van der Waals surface area (Å²) in [6.07, 6.45) is 1.05. The highest BCUT2D eigenvalue weighted by Gasteiger charge is 2.07. The highest BCUT2D eigenvalue weighted by Crippen LogP contribution is 2.30. The number of halogens is 1. The van der Waals surface area contributed by atoms with Crippen LogP contribution in [0.4, 0.5) is 0 Å². The molecule has 1 aromatic rings. The van der Waals surface area contributed by atoms with Crippen LogP contribution in [0.1, 0.15) is 31.9 Å². The first-order valence-electron chi connectivity index (χ1n) is 6.33. The van der Waals surface area contributed by atoms with Gasteiger partial charge in [0.1, 0.15) is 0 Å². The second-order valence-corrected chi connectivity index (χ2v) is 5.71. The van der Waals surface area contributed by atoms with Crippen molar-refractivity contribution in [2.24, 2.45) is 0 Å². The van der Waals surface area contributed by atoms with Gasteiger partial charge in [0.25, 0.3) is 0 Å². The van der Waals surface area contributed by atoms with E-state index in [0.29, 0.717) is 6.04 Å². The molecule has 1 N–H and O–H groups in total. The van der Waals surface area contributed by atoms with Crippen LogP contribution in [-0.2, 0) is 4.74 Å². The summed E-state index contributed by atoms with van der Waals surface area (Å²) in [5.41, 5.74) is 1.24. The van der Waals surface area contributed by atoms with E-state index in [0.717, 1.165) is 35.2 Å². The molecule has 1 aromatic carbocycles. The van der Waals surface area contributed by atoms with Crippen LogP contribution in [0.5, 0.6) is 0 Å². The fourth-order valence-corrected chi connectivity index (χ4v) is 2.91. The van der Waals surface area contributed by atoms with Gasteiger partial charge in [-0.1, -0.05) is 24.6 Å². The van der Waals surface area contributed by atoms with Crippen molar-refractivity contribution in [1.82, 2.24) is 5.32 Å². The average molecular weight is 288 g/mol. The Morgan fingerprint density at radius 2 is 2.22 bits per heavy atom. The van der Waals surface area contributed by atoms with Gasteiger partial charge in [0.2, 0.25) is 0 Å². The molecule has 0 aromatic heterocycles. The molecule has 4 heteroatoms. The van der Waals surface area contributed by atoms with Gasteiger partial charge in [-0.05, 0) is 37.6 Å². The van der Waals surface area contributed by atoms with Gasteiger partial charge in [-0.2, -0.15) is 0 Å². The Balaban J connectivity index is 2.56. The lowest BCUT2D eigenvalue weighted by Gasteiger charge is -2.14. The highest BCUT2D eigenvalue weighted by atomic mass is 35.5. The van der Waals surface area contributed by atoms with Gasteiger partial charge in [-0.15, -0.1) is 11.8 Å². The summed E-state index contributed by atoms with van der Waals surface area (Å²) in [5, 5.41) is 4.23. The summed E-state index contributed by atoms with van der Waals surface area (Å²) in [6, 6.07) is 6.68. The molecule has 0 fully saturated rings. The Morgan fingerprint density at radius 3 is 2.83 bits per heavy atom. The zero-order valence-electron chi connectivity index (χ0n) is 11.3. The van der Waals surface area contributed by atoms with E-state index in [1.807, 2.05) is 0 Å². The third kappa shape index (κ3) is 5.19. The molecule has 0 aliphatic carbocycles. The van der Waals surface area contributed by atoms with Crippen molar-refractivity contribution in [2.75, 3.05) is 26.0 Å². The Morgan fingerprint density at radius 1 is 1.44 bits per heavy atom. The molecule has 0 aliphatic heterocycles. The lowest BCUT2D eigenvalue weighted by atomic mass is 10.1. The van der Waals surface area contributed by atoms with Crippen LogP contribution in [0.3, 0.4) is 0 Å². The summed E-state index contributed by atoms with van der Waals surface area (Å²) < 4.78 is 5.03. The van der Waals surface area contributed by atoms with Crippen molar-refractivity contribution in [3.8, 4) is 0 Å². The number of ether oxygens (including phenoxy) is 1. The minimum atomic E-state index is 0.347. The van der Waals surface area contributed by atoms with Crippen LogP contribution in [0, 0.1) is 0 Å². The molecular formula is C14H22ClNOS. The van der Waals surface area contributed by atoms with Crippen LogP contribution >= 0.6 is 23.4 Å². The van der Waals surface area contributed by atoms with E-state index in [4.69, 9.17) is 16.3 Å². The number of thioether (sulfide) groups is 1. The zero-order valence-corrected chi connectivity index (χ0v) is 12.9. The number of methoxy groups -OCH3 is 1. The summed E-state index contributed by atoms with van der Waals surface area (Å²) in [6.45, 7) is 6.03. The number of hydrogen-bond acceptors (Lipinski definition) is 3. The minimum absolute atomic E-state index is 0.347. The molecule has 1 atom stereocenters. The molecule has 1 rings (SSSR count). The quantitative estimate of drug-likeness (QED) is 0.573. The lowest BCUT2D eigenvalue weighted by molar-refractivity contribution is 0.200. The Bertz CT molecular complexity index is 360. The molecule has 102 valence electrons. The van der Waals surface area contributed by atoms with Crippen molar-refractivity contribution in [3.63, 3.8) is 0 Å². The standard InChI is InChI=1S/C14H22ClNOS/c1-4-16-11(2)12-6-7-14(13(15)10-12)18-9-5-8-17-3/h6-7,10-11,16H,4-5,8-9H2,1-3H3. The second kappa shape index (κ2) is 8.81. The summed E-state index contributed by atoms with van der Waals surface area (Å²) >= 11 is 8.09. The first kappa shape index (κ1) is 15.8. The van der Waals surface area contributed by atoms with Gasteiger partial charge >= 0.3 is 0 Å².